The summed E-state index contributed by atoms with van der Waals surface area (Å²) in [6, 6.07) is 0. The first-order valence-electron chi connectivity index (χ1n) is 4.70. The number of aromatic nitrogens is 4. The Kier molecular flexibility index (Phi) is 2.48. The van der Waals surface area contributed by atoms with E-state index in [9.17, 15) is 4.79 Å². The van der Waals surface area contributed by atoms with Crippen LogP contribution in [0.1, 0.15) is 19.4 Å². The summed E-state index contributed by atoms with van der Waals surface area (Å²) in [5, 5.41) is 2.95. The van der Waals surface area contributed by atoms with Gasteiger partial charge in [0, 0.05) is 0 Å². The second-order valence-corrected chi connectivity index (χ2v) is 4.17. The van der Waals surface area contributed by atoms with Gasteiger partial charge in [0.25, 0.3) is 11.3 Å². The van der Waals surface area contributed by atoms with E-state index in [1.165, 1.54) is 10.8 Å². The second-order valence-electron chi connectivity index (χ2n) is 3.81. The SMILES string of the molecule is CC(C)Cc1c(Cl)nc2nc[nH]n2c1=O. The Morgan fingerprint density at radius 1 is 1.60 bits per heavy atom. The van der Waals surface area contributed by atoms with Crippen molar-refractivity contribution in [2.75, 3.05) is 0 Å². The monoisotopic (exact) mass is 226 g/mol. The highest BCUT2D eigenvalue weighted by Crippen LogP contribution is 2.13. The van der Waals surface area contributed by atoms with Crippen molar-refractivity contribution in [3.8, 4) is 0 Å². The molecule has 0 amide bonds. The van der Waals surface area contributed by atoms with Crippen LogP contribution in [0.5, 0.6) is 0 Å². The third-order valence-electron chi connectivity index (χ3n) is 2.09. The fourth-order valence-corrected chi connectivity index (χ4v) is 1.68. The quantitative estimate of drug-likeness (QED) is 0.785. The van der Waals surface area contributed by atoms with E-state index in [-0.39, 0.29) is 10.7 Å². The van der Waals surface area contributed by atoms with E-state index < -0.39 is 0 Å². The van der Waals surface area contributed by atoms with Gasteiger partial charge in [0.05, 0.1) is 5.56 Å². The van der Waals surface area contributed by atoms with Crippen molar-refractivity contribution < 1.29 is 0 Å². The number of halogens is 1. The predicted octanol–water partition coefficient (Wildman–Crippen LogP) is 1.27. The van der Waals surface area contributed by atoms with E-state index >= 15 is 0 Å². The van der Waals surface area contributed by atoms with E-state index in [2.05, 4.69) is 15.1 Å². The van der Waals surface area contributed by atoms with Crippen molar-refractivity contribution in [2.24, 2.45) is 5.92 Å². The van der Waals surface area contributed by atoms with Crippen molar-refractivity contribution in [1.29, 1.82) is 0 Å². The Morgan fingerprint density at radius 3 is 3.00 bits per heavy atom. The fraction of sp³-hybridized carbons (Fsp3) is 0.444. The molecule has 0 spiro atoms. The summed E-state index contributed by atoms with van der Waals surface area (Å²) in [6.07, 6.45) is 2.03. The molecule has 0 bridgehead atoms. The molecule has 0 aromatic carbocycles. The molecule has 0 fully saturated rings. The summed E-state index contributed by atoms with van der Waals surface area (Å²) in [7, 11) is 0. The fourth-order valence-electron chi connectivity index (χ4n) is 1.45. The van der Waals surface area contributed by atoms with E-state index in [0.717, 1.165) is 0 Å². The summed E-state index contributed by atoms with van der Waals surface area (Å²) in [5.74, 6) is 0.662. The molecule has 0 aliphatic rings. The molecule has 2 aromatic heterocycles. The Morgan fingerprint density at radius 2 is 2.33 bits per heavy atom. The Bertz CT molecular complexity index is 543. The Balaban J connectivity index is 2.67. The molecule has 0 aliphatic heterocycles. The average Bonchev–Trinajstić information content (AvgIpc) is 2.59. The van der Waals surface area contributed by atoms with Gasteiger partial charge in [-0.2, -0.15) is 9.50 Å². The first kappa shape index (κ1) is 10.2. The molecule has 15 heavy (non-hydrogen) atoms. The zero-order valence-electron chi connectivity index (χ0n) is 8.49. The molecule has 0 unspecified atom stereocenters. The Hall–Kier alpha value is -1.36. The minimum absolute atomic E-state index is 0.170. The second kappa shape index (κ2) is 3.66. The maximum absolute atomic E-state index is 11.9. The maximum atomic E-state index is 11.9. The number of hydrogen-bond acceptors (Lipinski definition) is 3. The van der Waals surface area contributed by atoms with Gasteiger partial charge in [-0.25, -0.2) is 4.98 Å². The standard InChI is InChI=1S/C9H11ClN4O/c1-5(2)3-6-7(10)13-9-11-4-12-14(9)8(6)15/h4-5H,3H2,1-2H3,(H,11,12,13). The van der Waals surface area contributed by atoms with Gasteiger partial charge in [0.15, 0.2) is 0 Å². The third kappa shape index (κ3) is 1.74. The van der Waals surface area contributed by atoms with Crippen LogP contribution in [0.2, 0.25) is 5.15 Å². The van der Waals surface area contributed by atoms with Crippen LogP contribution in [0.3, 0.4) is 0 Å². The maximum Gasteiger partial charge on any atom is 0.278 e. The van der Waals surface area contributed by atoms with E-state index in [1.807, 2.05) is 13.8 Å². The number of hydrogen-bond donors (Lipinski definition) is 1. The predicted molar refractivity (Wildman–Crippen MR) is 57.2 cm³/mol. The van der Waals surface area contributed by atoms with E-state index in [0.29, 0.717) is 23.7 Å². The Labute approximate surface area is 91.1 Å². The van der Waals surface area contributed by atoms with Crippen LogP contribution >= 0.6 is 11.6 Å². The topological polar surface area (TPSA) is 63.1 Å². The molecule has 0 atom stereocenters. The number of H-pyrrole nitrogens is 1. The van der Waals surface area contributed by atoms with Gasteiger partial charge in [-0.3, -0.25) is 9.89 Å². The molecule has 0 saturated heterocycles. The molecular weight excluding hydrogens is 216 g/mol. The lowest BCUT2D eigenvalue weighted by molar-refractivity contribution is 0.636. The molecular formula is C9H11ClN4O. The lowest BCUT2D eigenvalue weighted by Crippen LogP contribution is -2.21. The van der Waals surface area contributed by atoms with E-state index in [4.69, 9.17) is 11.6 Å². The summed E-state index contributed by atoms with van der Waals surface area (Å²) >= 11 is 5.93. The highest BCUT2D eigenvalue weighted by atomic mass is 35.5. The lowest BCUT2D eigenvalue weighted by Gasteiger charge is -2.05. The van der Waals surface area contributed by atoms with Gasteiger partial charge in [-0.15, -0.1) is 0 Å². The smallest absolute Gasteiger partial charge is 0.278 e. The molecule has 2 heterocycles. The number of fused-ring (bicyclic) bond motifs is 1. The third-order valence-corrected chi connectivity index (χ3v) is 2.40. The van der Waals surface area contributed by atoms with Gasteiger partial charge in [-0.1, -0.05) is 25.4 Å². The van der Waals surface area contributed by atoms with Gasteiger partial charge in [0.2, 0.25) is 0 Å². The average molecular weight is 227 g/mol. The molecule has 0 radical (unpaired) electrons. The summed E-state index contributed by atoms with van der Waals surface area (Å²) < 4.78 is 1.30. The van der Waals surface area contributed by atoms with Gasteiger partial charge in [0.1, 0.15) is 11.5 Å². The van der Waals surface area contributed by atoms with Crippen molar-refractivity contribution in [2.45, 2.75) is 20.3 Å². The van der Waals surface area contributed by atoms with Crippen LogP contribution in [0.15, 0.2) is 11.1 Å². The number of rotatable bonds is 2. The first-order chi connectivity index (χ1) is 7.09. The van der Waals surface area contributed by atoms with Crippen LogP contribution < -0.4 is 5.56 Å². The van der Waals surface area contributed by atoms with Crippen molar-refractivity contribution in [1.82, 2.24) is 19.6 Å². The molecule has 0 saturated carbocycles. The first-order valence-corrected chi connectivity index (χ1v) is 5.08. The molecule has 0 aliphatic carbocycles. The van der Waals surface area contributed by atoms with Crippen LogP contribution in [-0.2, 0) is 6.42 Å². The van der Waals surface area contributed by atoms with Gasteiger partial charge in [-0.05, 0) is 12.3 Å². The normalized spacial score (nSPS) is 11.5. The minimum Gasteiger partial charge on any atom is -0.278 e. The summed E-state index contributed by atoms with van der Waals surface area (Å²) in [4.78, 5) is 19.8. The highest BCUT2D eigenvalue weighted by Gasteiger charge is 2.13. The highest BCUT2D eigenvalue weighted by molar-refractivity contribution is 6.30. The molecule has 5 nitrogen and oxygen atoms in total. The van der Waals surface area contributed by atoms with Gasteiger partial charge >= 0.3 is 0 Å². The molecule has 1 N–H and O–H groups in total. The summed E-state index contributed by atoms with van der Waals surface area (Å²) in [6.45, 7) is 4.05. The molecule has 2 rings (SSSR count). The van der Waals surface area contributed by atoms with Crippen molar-refractivity contribution in [3.63, 3.8) is 0 Å². The largest absolute Gasteiger partial charge is 0.278 e. The van der Waals surface area contributed by atoms with Crippen LogP contribution in [0.4, 0.5) is 0 Å². The number of nitrogens with one attached hydrogen (secondary N) is 1. The van der Waals surface area contributed by atoms with Crippen LogP contribution in [0, 0.1) is 5.92 Å². The minimum atomic E-state index is -0.170. The zero-order valence-corrected chi connectivity index (χ0v) is 9.25. The van der Waals surface area contributed by atoms with E-state index in [1.54, 1.807) is 0 Å². The van der Waals surface area contributed by atoms with Crippen LogP contribution in [0.25, 0.3) is 5.78 Å². The van der Waals surface area contributed by atoms with Crippen LogP contribution in [-0.4, -0.2) is 19.6 Å². The molecule has 80 valence electrons. The van der Waals surface area contributed by atoms with Crippen molar-refractivity contribution >= 4 is 17.4 Å². The number of nitrogens with zero attached hydrogens (tertiary/aromatic N) is 3. The lowest BCUT2D eigenvalue weighted by atomic mass is 10.1. The molecule has 2 aromatic rings. The molecule has 6 heteroatoms. The van der Waals surface area contributed by atoms with Crippen molar-refractivity contribution in [3.05, 3.63) is 27.4 Å². The summed E-state index contributed by atoms with van der Waals surface area (Å²) in [5.41, 5.74) is 0.365. The zero-order chi connectivity index (χ0) is 11.0. The van der Waals surface area contributed by atoms with Gasteiger partial charge < -0.3 is 0 Å². The number of aromatic amines is 1.